The molecule has 4 N–H and O–H groups in total. The summed E-state index contributed by atoms with van der Waals surface area (Å²) in [7, 11) is 0. The van der Waals surface area contributed by atoms with Crippen molar-refractivity contribution in [3.8, 4) is 16.9 Å². The van der Waals surface area contributed by atoms with Crippen LogP contribution >= 0.6 is 0 Å². The van der Waals surface area contributed by atoms with Crippen molar-refractivity contribution in [1.29, 1.82) is 0 Å². The summed E-state index contributed by atoms with van der Waals surface area (Å²) in [4.78, 5) is 11.6. The number of rotatable bonds is 8. The fraction of sp³-hybridized carbons (Fsp3) is 0.600. The second-order valence-electron chi connectivity index (χ2n) is 12.6. The number of anilines is 1. The molecule has 0 amide bonds. The van der Waals surface area contributed by atoms with E-state index in [9.17, 15) is 5.11 Å². The molecule has 1 saturated carbocycles. The Kier molecular flexibility index (Phi) is 5.50. The Balaban J connectivity index is 1.06. The van der Waals surface area contributed by atoms with Gasteiger partial charge in [0.15, 0.2) is 0 Å². The van der Waals surface area contributed by atoms with Crippen LogP contribution in [0.4, 0.5) is 5.82 Å². The molecular formula is C30H38N6O3. The van der Waals surface area contributed by atoms with Gasteiger partial charge in [0.05, 0.1) is 18.1 Å². The second kappa shape index (κ2) is 8.89. The van der Waals surface area contributed by atoms with Gasteiger partial charge in [0.1, 0.15) is 35.7 Å². The van der Waals surface area contributed by atoms with Crippen molar-refractivity contribution in [3.63, 3.8) is 0 Å². The Morgan fingerprint density at radius 1 is 1.21 bits per heavy atom. The predicted molar refractivity (Wildman–Crippen MR) is 149 cm³/mol. The van der Waals surface area contributed by atoms with Crippen LogP contribution in [0.2, 0.25) is 0 Å². The summed E-state index contributed by atoms with van der Waals surface area (Å²) in [5.74, 6) is 1.98. The molecule has 9 nitrogen and oxygen atoms in total. The fourth-order valence-corrected chi connectivity index (χ4v) is 8.43. The van der Waals surface area contributed by atoms with E-state index in [2.05, 4.69) is 44.2 Å². The highest BCUT2D eigenvalue weighted by Crippen LogP contribution is 2.53. The first-order chi connectivity index (χ1) is 19.1. The van der Waals surface area contributed by atoms with Crippen LogP contribution in [0.3, 0.4) is 0 Å². The Hall–Kier alpha value is -2.72. The van der Waals surface area contributed by atoms with Gasteiger partial charge in [-0.25, -0.2) is 9.97 Å². The predicted octanol–water partition coefficient (Wildman–Crippen LogP) is 3.13. The van der Waals surface area contributed by atoms with Crippen LogP contribution in [0, 0.1) is 5.92 Å². The molecular weight excluding hydrogens is 492 g/mol. The number of benzene rings is 1. The van der Waals surface area contributed by atoms with Crippen LogP contribution in [0.25, 0.3) is 22.2 Å². The van der Waals surface area contributed by atoms with Gasteiger partial charge in [0.2, 0.25) is 0 Å². The van der Waals surface area contributed by atoms with Gasteiger partial charge in [-0.3, -0.25) is 4.90 Å². The lowest BCUT2D eigenvalue weighted by atomic mass is 9.67. The number of likely N-dealkylation sites (tertiary alicyclic amines) is 1. The van der Waals surface area contributed by atoms with Crippen molar-refractivity contribution < 1.29 is 14.6 Å². The summed E-state index contributed by atoms with van der Waals surface area (Å²) < 4.78 is 14.9. The van der Waals surface area contributed by atoms with Crippen molar-refractivity contribution in [2.75, 3.05) is 38.6 Å². The Bertz CT molecular complexity index is 1390. The molecule has 0 radical (unpaired) electrons. The largest absolute Gasteiger partial charge is 0.491 e. The minimum absolute atomic E-state index is 0.101. The number of aliphatic hydroxyl groups excluding tert-OH is 1. The number of aromatic nitrogens is 3. The Labute approximate surface area is 228 Å². The quantitative estimate of drug-likeness (QED) is 0.408. The number of aliphatic hydroxyl groups is 1. The van der Waals surface area contributed by atoms with Crippen molar-refractivity contribution in [2.24, 2.45) is 5.92 Å². The fourth-order valence-electron chi connectivity index (χ4n) is 8.43. The molecule has 4 aliphatic heterocycles. The number of fused-ring (bicyclic) bond motifs is 5. The third-order valence-electron chi connectivity index (χ3n) is 10.5. The van der Waals surface area contributed by atoms with Crippen LogP contribution in [0.1, 0.15) is 51.0 Å². The SMILES string of the molecule is Nc1ncnc2c1c(-c1cccc(OCC34CCC(CC3)O4)c1)cn2[C@H]1C[C@H](C23CNC(CN2CCO)C3)C1. The van der Waals surface area contributed by atoms with Crippen LogP contribution < -0.4 is 15.8 Å². The number of β-amino-alcohol motifs (C(OH)–C–C–N with tert-alkyl or cyclic N) is 1. The van der Waals surface area contributed by atoms with Crippen LogP contribution in [-0.2, 0) is 4.74 Å². The number of nitrogen functional groups attached to an aromatic ring is 1. The van der Waals surface area contributed by atoms with Crippen LogP contribution in [0.5, 0.6) is 5.75 Å². The molecule has 9 heteroatoms. The van der Waals surface area contributed by atoms with E-state index >= 15 is 0 Å². The van der Waals surface area contributed by atoms with Gasteiger partial charge < -0.3 is 30.2 Å². The van der Waals surface area contributed by atoms with E-state index in [1.54, 1.807) is 6.33 Å². The minimum atomic E-state index is -0.101. The van der Waals surface area contributed by atoms with Crippen molar-refractivity contribution in [3.05, 3.63) is 36.8 Å². The average molecular weight is 531 g/mol. The molecule has 4 bridgehead atoms. The monoisotopic (exact) mass is 530 g/mol. The number of nitrogens with two attached hydrogens (primary N) is 1. The summed E-state index contributed by atoms with van der Waals surface area (Å²) in [5.41, 5.74) is 9.56. The van der Waals surface area contributed by atoms with Crippen molar-refractivity contribution >= 4 is 16.9 Å². The van der Waals surface area contributed by atoms with E-state index in [4.69, 9.17) is 20.2 Å². The zero-order valence-corrected chi connectivity index (χ0v) is 22.4. The lowest BCUT2D eigenvalue weighted by molar-refractivity contribution is -0.0198. The maximum atomic E-state index is 9.66. The minimum Gasteiger partial charge on any atom is -0.491 e. The Morgan fingerprint density at radius 2 is 2.08 bits per heavy atom. The third kappa shape index (κ3) is 3.74. The average Bonchev–Trinajstić information content (AvgIpc) is 3.74. The zero-order chi connectivity index (χ0) is 26.2. The molecule has 0 spiro atoms. The number of nitrogens with one attached hydrogen (secondary N) is 1. The number of hydrogen-bond donors (Lipinski definition) is 3. The molecule has 3 aromatic rings. The molecule has 5 aliphatic rings. The summed E-state index contributed by atoms with van der Waals surface area (Å²) >= 11 is 0. The molecule has 206 valence electrons. The first-order valence-electron chi connectivity index (χ1n) is 14.7. The van der Waals surface area contributed by atoms with Gasteiger partial charge >= 0.3 is 0 Å². The van der Waals surface area contributed by atoms with Crippen LogP contribution in [0.15, 0.2) is 36.8 Å². The topological polar surface area (TPSA) is 111 Å². The molecule has 4 saturated heterocycles. The summed E-state index contributed by atoms with van der Waals surface area (Å²) in [5, 5.41) is 14.3. The van der Waals surface area contributed by atoms with Gasteiger partial charge in [0.25, 0.3) is 0 Å². The smallest absolute Gasteiger partial charge is 0.146 e. The van der Waals surface area contributed by atoms with E-state index in [0.29, 0.717) is 36.5 Å². The summed E-state index contributed by atoms with van der Waals surface area (Å²) in [6, 6.07) is 9.24. The maximum absolute atomic E-state index is 9.66. The van der Waals surface area contributed by atoms with E-state index in [1.165, 1.54) is 6.42 Å². The normalized spacial score (nSPS) is 35.2. The number of nitrogens with zero attached hydrogens (tertiary/aromatic N) is 4. The first kappa shape index (κ1) is 24.1. The number of piperazine rings is 1. The van der Waals surface area contributed by atoms with E-state index in [0.717, 1.165) is 86.1 Å². The third-order valence-corrected chi connectivity index (χ3v) is 10.5. The summed E-state index contributed by atoms with van der Waals surface area (Å²) in [6.07, 6.45) is 12.1. The number of ether oxygens (including phenoxy) is 2. The van der Waals surface area contributed by atoms with Gasteiger partial charge in [0, 0.05) is 49.0 Å². The second-order valence-corrected chi connectivity index (χ2v) is 12.6. The van der Waals surface area contributed by atoms with E-state index in [-0.39, 0.29) is 17.7 Å². The van der Waals surface area contributed by atoms with Gasteiger partial charge in [-0.1, -0.05) is 12.1 Å². The van der Waals surface area contributed by atoms with Gasteiger partial charge in [-0.05, 0) is 68.6 Å². The van der Waals surface area contributed by atoms with Gasteiger partial charge in [-0.2, -0.15) is 0 Å². The molecule has 6 heterocycles. The van der Waals surface area contributed by atoms with Crippen LogP contribution in [-0.4, -0.2) is 80.7 Å². The molecule has 39 heavy (non-hydrogen) atoms. The first-order valence-corrected chi connectivity index (χ1v) is 14.7. The Morgan fingerprint density at radius 3 is 2.85 bits per heavy atom. The highest BCUT2D eigenvalue weighted by Gasteiger charge is 2.57. The number of hydrogen-bond acceptors (Lipinski definition) is 8. The van der Waals surface area contributed by atoms with Gasteiger partial charge in [-0.15, -0.1) is 0 Å². The molecule has 8 rings (SSSR count). The van der Waals surface area contributed by atoms with E-state index in [1.807, 2.05) is 6.07 Å². The molecule has 5 fully saturated rings. The molecule has 2 aromatic heterocycles. The molecule has 2 atom stereocenters. The molecule has 2 unspecified atom stereocenters. The van der Waals surface area contributed by atoms with Crippen molar-refractivity contribution in [2.45, 2.75) is 74.3 Å². The maximum Gasteiger partial charge on any atom is 0.146 e. The molecule has 1 aliphatic carbocycles. The standard InChI is InChI=1S/C30H38N6O3/c31-27-26-25(19-2-1-3-24(10-19)38-17-29-6-4-23(39-29)5-7-29)15-36(28(26)34-18-33-27)22-11-20(12-22)30-13-21(32-16-30)14-35(30)8-9-37/h1-3,10,15,18,20-23,32,37H,4-9,11-14,16-17H2,(H2,31,33,34)/t20-,21?,22-,23?,29?,30?. The highest BCUT2D eigenvalue weighted by atomic mass is 16.6. The van der Waals surface area contributed by atoms with E-state index < -0.39 is 0 Å². The lowest BCUT2D eigenvalue weighted by Crippen LogP contribution is -2.60. The summed E-state index contributed by atoms with van der Waals surface area (Å²) in [6.45, 7) is 3.68. The zero-order valence-electron chi connectivity index (χ0n) is 22.4. The highest BCUT2D eigenvalue weighted by molar-refractivity contribution is 6.00. The van der Waals surface area contributed by atoms with Crippen molar-refractivity contribution in [1.82, 2.24) is 24.8 Å². The lowest BCUT2D eigenvalue weighted by Gasteiger charge is -2.51. The molecule has 1 aromatic carbocycles.